The van der Waals surface area contributed by atoms with Crippen LogP contribution in [0.25, 0.3) is 10.9 Å². The third-order valence-electron chi connectivity index (χ3n) is 5.10. The maximum Gasteiger partial charge on any atom is 0.356 e. The number of benzene rings is 1. The Morgan fingerprint density at radius 2 is 2.22 bits per heavy atom. The predicted octanol–water partition coefficient (Wildman–Crippen LogP) is 3.54. The lowest BCUT2D eigenvalue weighted by atomic mass is 9.99. The molecule has 3 rings (SSSR count). The number of ether oxygens (including phenoxy) is 1. The number of hydrogen-bond acceptors (Lipinski definition) is 4. The Hall–Kier alpha value is -2.41. The molecule has 2 atom stereocenters. The summed E-state index contributed by atoms with van der Waals surface area (Å²) in [5.41, 5.74) is 0.962. The molecule has 0 spiro atoms. The number of aromatic nitrogens is 1. The lowest BCUT2D eigenvalue weighted by Crippen LogP contribution is -2.46. The molecule has 1 aliphatic heterocycles. The molecule has 0 saturated carbocycles. The summed E-state index contributed by atoms with van der Waals surface area (Å²) >= 11 is 0. The maximum atomic E-state index is 13.8. The van der Waals surface area contributed by atoms with Crippen LogP contribution in [0.5, 0.6) is 0 Å². The molecule has 1 amide bonds. The molecule has 0 aliphatic carbocycles. The van der Waals surface area contributed by atoms with Crippen molar-refractivity contribution >= 4 is 28.5 Å². The molecule has 0 bridgehead atoms. The minimum Gasteiger partial charge on any atom is -0.461 e. The van der Waals surface area contributed by atoms with Crippen molar-refractivity contribution in [1.29, 1.82) is 0 Å². The topological polar surface area (TPSA) is 74.4 Å². The third-order valence-corrected chi connectivity index (χ3v) is 5.10. The van der Waals surface area contributed by atoms with Crippen LogP contribution in [0.15, 0.2) is 18.2 Å². The predicted molar refractivity (Wildman–Crippen MR) is 102 cm³/mol. The number of fused-ring (bicyclic) bond motifs is 1. The summed E-state index contributed by atoms with van der Waals surface area (Å²) in [5, 5.41) is 3.28. The van der Waals surface area contributed by atoms with Gasteiger partial charge in [0.1, 0.15) is 11.5 Å². The summed E-state index contributed by atoms with van der Waals surface area (Å²) < 4.78 is 18.8. The molecule has 1 aromatic carbocycles. The number of hydrogen-bond donors (Lipinski definition) is 2. The van der Waals surface area contributed by atoms with E-state index in [1.54, 1.807) is 13.0 Å². The van der Waals surface area contributed by atoms with E-state index in [0.717, 1.165) is 19.5 Å². The molecular formula is C20H26FN3O3. The Kier molecular flexibility index (Phi) is 5.79. The van der Waals surface area contributed by atoms with Crippen LogP contribution in [0, 0.1) is 11.7 Å². The van der Waals surface area contributed by atoms with Crippen molar-refractivity contribution in [3.63, 3.8) is 0 Å². The lowest BCUT2D eigenvalue weighted by molar-refractivity contribution is -0.121. The number of likely N-dealkylation sites (tertiary alicyclic amines) is 1. The fourth-order valence-electron chi connectivity index (χ4n) is 3.62. The summed E-state index contributed by atoms with van der Waals surface area (Å²) in [6.45, 7) is 7.68. The molecule has 1 saturated heterocycles. The summed E-state index contributed by atoms with van der Waals surface area (Å²) in [6.07, 6.45) is 2.23. The Bertz CT molecular complexity index is 848. The highest BCUT2D eigenvalue weighted by atomic mass is 19.1. The van der Waals surface area contributed by atoms with Gasteiger partial charge in [-0.25, -0.2) is 9.18 Å². The third kappa shape index (κ3) is 4.13. The molecule has 27 heavy (non-hydrogen) atoms. The van der Waals surface area contributed by atoms with Crippen LogP contribution in [0.2, 0.25) is 0 Å². The number of nitrogens with one attached hydrogen (secondary N) is 2. The lowest BCUT2D eigenvalue weighted by Gasteiger charge is -2.34. The van der Waals surface area contributed by atoms with Gasteiger partial charge in [-0.05, 0) is 57.4 Å². The minimum absolute atomic E-state index is 0.130. The minimum atomic E-state index is -0.580. The van der Waals surface area contributed by atoms with Gasteiger partial charge in [-0.2, -0.15) is 0 Å². The zero-order valence-corrected chi connectivity index (χ0v) is 16.0. The van der Waals surface area contributed by atoms with E-state index in [2.05, 4.69) is 22.1 Å². The van der Waals surface area contributed by atoms with Gasteiger partial charge in [0.05, 0.1) is 18.3 Å². The first-order chi connectivity index (χ1) is 12.9. The first-order valence-corrected chi connectivity index (χ1v) is 9.44. The quantitative estimate of drug-likeness (QED) is 0.784. The van der Waals surface area contributed by atoms with E-state index in [1.165, 1.54) is 18.6 Å². The van der Waals surface area contributed by atoms with E-state index >= 15 is 0 Å². The first-order valence-electron chi connectivity index (χ1n) is 9.44. The Balaban J connectivity index is 1.90. The van der Waals surface area contributed by atoms with Gasteiger partial charge in [0, 0.05) is 17.4 Å². The van der Waals surface area contributed by atoms with Gasteiger partial charge < -0.3 is 15.0 Å². The molecule has 1 aromatic heterocycles. The molecule has 0 unspecified atom stereocenters. The standard InChI is InChI=1S/C20H26FN3O3/c1-4-27-20(26)18-17(15-10-14(21)7-8-16(15)22-18)23-19(25)13(3)24-9-5-6-12(2)11-24/h7-8,10,12-13,22H,4-6,9,11H2,1-3H3,(H,23,25)/t12-,13+/m1/s1. The SMILES string of the molecule is CCOC(=O)c1[nH]c2ccc(F)cc2c1NC(=O)[C@H](C)N1CCC[C@@H](C)C1. The second-order valence-electron chi connectivity index (χ2n) is 7.19. The summed E-state index contributed by atoms with van der Waals surface area (Å²) in [6, 6.07) is 3.80. The van der Waals surface area contributed by atoms with Gasteiger partial charge in [-0.3, -0.25) is 9.69 Å². The van der Waals surface area contributed by atoms with Crippen molar-refractivity contribution in [3.05, 3.63) is 29.7 Å². The average Bonchev–Trinajstić information content (AvgIpc) is 2.99. The molecule has 7 heteroatoms. The van der Waals surface area contributed by atoms with Gasteiger partial charge in [0.25, 0.3) is 0 Å². The molecule has 2 N–H and O–H groups in total. The number of aromatic amines is 1. The molecule has 1 fully saturated rings. The number of carbonyl (C=O) groups excluding carboxylic acids is 2. The van der Waals surface area contributed by atoms with Crippen LogP contribution < -0.4 is 5.32 Å². The van der Waals surface area contributed by atoms with Gasteiger partial charge in [-0.1, -0.05) is 6.92 Å². The smallest absolute Gasteiger partial charge is 0.356 e. The number of carbonyl (C=O) groups is 2. The zero-order valence-electron chi connectivity index (χ0n) is 16.0. The van der Waals surface area contributed by atoms with Crippen LogP contribution in [0.4, 0.5) is 10.1 Å². The number of anilines is 1. The van der Waals surface area contributed by atoms with Crippen molar-refractivity contribution in [2.24, 2.45) is 5.92 Å². The summed E-state index contributed by atoms with van der Waals surface area (Å²) in [7, 11) is 0. The Morgan fingerprint density at radius 1 is 1.44 bits per heavy atom. The van der Waals surface area contributed by atoms with Gasteiger partial charge in [0.2, 0.25) is 5.91 Å². The van der Waals surface area contributed by atoms with Crippen molar-refractivity contribution in [3.8, 4) is 0 Å². The first kappa shape index (κ1) is 19.4. The van der Waals surface area contributed by atoms with Crippen LogP contribution >= 0.6 is 0 Å². The van der Waals surface area contributed by atoms with Crippen LogP contribution in [0.1, 0.15) is 44.1 Å². The van der Waals surface area contributed by atoms with E-state index < -0.39 is 11.8 Å². The fraction of sp³-hybridized carbons (Fsp3) is 0.500. The van der Waals surface area contributed by atoms with Crippen LogP contribution in [-0.2, 0) is 9.53 Å². The van der Waals surface area contributed by atoms with E-state index in [9.17, 15) is 14.0 Å². The van der Waals surface area contributed by atoms with Crippen molar-refractivity contribution in [2.75, 3.05) is 25.0 Å². The fourth-order valence-corrected chi connectivity index (χ4v) is 3.62. The number of nitrogens with zero attached hydrogens (tertiary/aromatic N) is 1. The molecular weight excluding hydrogens is 349 g/mol. The van der Waals surface area contributed by atoms with Crippen molar-refractivity contribution < 1.29 is 18.7 Å². The van der Waals surface area contributed by atoms with E-state index in [-0.39, 0.29) is 29.9 Å². The van der Waals surface area contributed by atoms with Crippen molar-refractivity contribution in [1.82, 2.24) is 9.88 Å². The molecule has 146 valence electrons. The molecule has 2 heterocycles. The highest BCUT2D eigenvalue weighted by Gasteiger charge is 2.28. The normalized spacial score (nSPS) is 19.0. The Labute approximate surface area is 158 Å². The number of amides is 1. The summed E-state index contributed by atoms with van der Waals surface area (Å²) in [4.78, 5) is 30.3. The number of H-pyrrole nitrogens is 1. The van der Waals surface area contributed by atoms with Crippen molar-refractivity contribution in [2.45, 2.75) is 39.7 Å². The zero-order chi connectivity index (χ0) is 19.6. The Morgan fingerprint density at radius 3 is 2.93 bits per heavy atom. The largest absolute Gasteiger partial charge is 0.461 e. The van der Waals surface area contributed by atoms with E-state index in [0.29, 0.717) is 16.8 Å². The molecule has 6 nitrogen and oxygen atoms in total. The van der Waals surface area contributed by atoms with E-state index in [4.69, 9.17) is 4.74 Å². The monoisotopic (exact) mass is 375 g/mol. The highest BCUT2D eigenvalue weighted by Crippen LogP contribution is 2.30. The second kappa shape index (κ2) is 8.08. The number of esters is 1. The number of rotatable bonds is 5. The number of piperidine rings is 1. The molecule has 1 aliphatic rings. The highest BCUT2D eigenvalue weighted by molar-refractivity contribution is 6.11. The van der Waals surface area contributed by atoms with E-state index in [1.807, 2.05) is 6.92 Å². The van der Waals surface area contributed by atoms with Gasteiger partial charge in [0.15, 0.2) is 0 Å². The van der Waals surface area contributed by atoms with Crippen LogP contribution in [-0.4, -0.2) is 47.5 Å². The van der Waals surface area contributed by atoms with Crippen LogP contribution in [0.3, 0.4) is 0 Å². The number of halogens is 1. The van der Waals surface area contributed by atoms with Gasteiger partial charge in [-0.15, -0.1) is 0 Å². The second-order valence-corrected chi connectivity index (χ2v) is 7.19. The maximum absolute atomic E-state index is 13.8. The molecule has 2 aromatic rings. The van der Waals surface area contributed by atoms with Gasteiger partial charge >= 0.3 is 5.97 Å². The average molecular weight is 375 g/mol. The summed E-state index contributed by atoms with van der Waals surface area (Å²) in [5.74, 6) is -0.694. The molecule has 0 radical (unpaired) electrons.